The molecule has 0 bridgehead atoms. The van der Waals surface area contributed by atoms with Crippen LogP contribution in [-0.4, -0.2) is 14.9 Å². The quantitative estimate of drug-likeness (QED) is 0.482. The molecule has 0 fully saturated rings. The number of fused-ring (bicyclic) bond motifs is 1. The third-order valence-corrected chi connectivity index (χ3v) is 2.79. The lowest BCUT2D eigenvalue weighted by Gasteiger charge is -2.03. The average Bonchev–Trinajstić information content (AvgIpc) is 2.27. The Hall–Kier alpha value is -1.56. The van der Waals surface area contributed by atoms with Gasteiger partial charge in [0.05, 0.1) is 10.4 Å². The number of benzene rings is 1. The number of non-ortho nitro benzene ring substituents is 1. The van der Waals surface area contributed by atoms with Crippen LogP contribution >= 0.6 is 15.9 Å². The molecule has 0 unspecified atom stereocenters. The zero-order chi connectivity index (χ0) is 11.7. The van der Waals surface area contributed by atoms with Crippen molar-refractivity contribution in [3.8, 4) is 0 Å². The van der Waals surface area contributed by atoms with Crippen LogP contribution in [0.5, 0.6) is 0 Å². The number of aryl methyl sites for hydroxylation is 1. The molecular formula is C10H8BrN3O2. The number of rotatable bonds is 2. The molecule has 1 aromatic heterocycles. The van der Waals surface area contributed by atoms with Crippen LogP contribution in [0.3, 0.4) is 0 Å². The number of hydrogen-bond acceptors (Lipinski definition) is 4. The highest BCUT2D eigenvalue weighted by atomic mass is 79.9. The van der Waals surface area contributed by atoms with Crippen LogP contribution in [0.15, 0.2) is 22.8 Å². The normalized spacial score (nSPS) is 10.6. The minimum Gasteiger partial charge on any atom is -0.258 e. The zero-order valence-corrected chi connectivity index (χ0v) is 10.1. The second-order valence-electron chi connectivity index (χ2n) is 3.21. The van der Waals surface area contributed by atoms with Crippen molar-refractivity contribution in [3.05, 3.63) is 38.7 Å². The Labute approximate surface area is 99.8 Å². The molecule has 0 saturated heterocycles. The van der Waals surface area contributed by atoms with Gasteiger partial charge in [-0.05, 0) is 22.0 Å². The summed E-state index contributed by atoms with van der Waals surface area (Å²) in [6.07, 6.45) is 0.692. The monoisotopic (exact) mass is 281 g/mol. The molecule has 0 radical (unpaired) electrons. The van der Waals surface area contributed by atoms with Gasteiger partial charge in [-0.2, -0.15) is 0 Å². The average molecular weight is 282 g/mol. The summed E-state index contributed by atoms with van der Waals surface area (Å²) in [5, 5.41) is 11.3. The topological polar surface area (TPSA) is 68.9 Å². The van der Waals surface area contributed by atoms with Gasteiger partial charge in [0.1, 0.15) is 15.8 Å². The predicted octanol–water partition coefficient (Wildman–Crippen LogP) is 2.86. The van der Waals surface area contributed by atoms with Crippen molar-refractivity contribution in [3.63, 3.8) is 0 Å². The molecule has 5 nitrogen and oxygen atoms in total. The van der Waals surface area contributed by atoms with Crippen molar-refractivity contribution >= 4 is 32.5 Å². The molecule has 6 heteroatoms. The Morgan fingerprint density at radius 3 is 2.81 bits per heavy atom. The molecular weight excluding hydrogens is 274 g/mol. The van der Waals surface area contributed by atoms with E-state index in [1.54, 1.807) is 12.1 Å². The summed E-state index contributed by atoms with van der Waals surface area (Å²) in [6.45, 7) is 1.94. The van der Waals surface area contributed by atoms with Gasteiger partial charge in [-0.25, -0.2) is 9.97 Å². The third-order valence-electron chi connectivity index (χ3n) is 2.22. The molecule has 82 valence electrons. The Kier molecular flexibility index (Phi) is 2.82. The molecule has 1 aromatic carbocycles. The molecule has 16 heavy (non-hydrogen) atoms. The number of aromatic nitrogens is 2. The van der Waals surface area contributed by atoms with Gasteiger partial charge in [0, 0.05) is 12.5 Å². The van der Waals surface area contributed by atoms with Crippen molar-refractivity contribution < 1.29 is 4.92 Å². The van der Waals surface area contributed by atoms with Crippen LogP contribution < -0.4 is 0 Å². The van der Waals surface area contributed by atoms with Crippen molar-refractivity contribution in [2.45, 2.75) is 13.3 Å². The van der Waals surface area contributed by atoms with Gasteiger partial charge < -0.3 is 0 Å². The van der Waals surface area contributed by atoms with Crippen molar-refractivity contribution in [2.24, 2.45) is 0 Å². The Balaban J connectivity index is 2.83. The van der Waals surface area contributed by atoms with Crippen LogP contribution in [-0.2, 0) is 6.42 Å². The lowest BCUT2D eigenvalue weighted by molar-refractivity contribution is -0.383. The second-order valence-corrected chi connectivity index (χ2v) is 3.96. The summed E-state index contributed by atoms with van der Waals surface area (Å²) in [5.41, 5.74) is 0.611. The van der Waals surface area contributed by atoms with Gasteiger partial charge in [-0.15, -0.1) is 0 Å². The predicted molar refractivity (Wildman–Crippen MR) is 63.3 cm³/mol. The molecule has 2 aromatic rings. The second kappa shape index (κ2) is 4.13. The zero-order valence-electron chi connectivity index (χ0n) is 8.48. The first kappa shape index (κ1) is 10.9. The van der Waals surface area contributed by atoms with E-state index in [2.05, 4.69) is 25.9 Å². The van der Waals surface area contributed by atoms with E-state index in [1.165, 1.54) is 6.07 Å². The lowest BCUT2D eigenvalue weighted by Crippen LogP contribution is -1.97. The number of nitrogens with zero attached hydrogens (tertiary/aromatic N) is 3. The Morgan fingerprint density at radius 1 is 1.44 bits per heavy atom. The fourth-order valence-electron chi connectivity index (χ4n) is 1.48. The smallest absolute Gasteiger partial charge is 0.258 e. The van der Waals surface area contributed by atoms with E-state index in [-0.39, 0.29) is 5.69 Å². The van der Waals surface area contributed by atoms with Gasteiger partial charge in [0.2, 0.25) is 0 Å². The SMILES string of the molecule is CCc1nc(Br)c2c([N+](=O)[O-])cccc2n1. The molecule has 0 aliphatic carbocycles. The molecule has 0 amide bonds. The van der Waals surface area contributed by atoms with Gasteiger partial charge in [-0.1, -0.05) is 13.0 Å². The van der Waals surface area contributed by atoms with Crippen molar-refractivity contribution in [1.29, 1.82) is 0 Å². The van der Waals surface area contributed by atoms with Gasteiger partial charge in [0.15, 0.2) is 0 Å². The summed E-state index contributed by atoms with van der Waals surface area (Å²) in [6, 6.07) is 4.81. The fraction of sp³-hybridized carbons (Fsp3) is 0.200. The number of halogens is 1. The first-order chi connectivity index (χ1) is 7.63. The first-order valence-electron chi connectivity index (χ1n) is 4.73. The molecule has 0 atom stereocenters. The summed E-state index contributed by atoms with van der Waals surface area (Å²) in [4.78, 5) is 18.8. The standard InChI is InChI=1S/C10H8BrN3O2/c1-2-8-12-6-4-3-5-7(14(15)16)9(6)10(11)13-8/h3-5H,2H2,1H3. The lowest BCUT2D eigenvalue weighted by atomic mass is 10.2. The van der Waals surface area contributed by atoms with Crippen LogP contribution in [0.2, 0.25) is 0 Å². The van der Waals surface area contributed by atoms with E-state index in [4.69, 9.17) is 0 Å². The molecule has 0 saturated carbocycles. The molecule has 0 aliphatic heterocycles. The van der Waals surface area contributed by atoms with E-state index in [1.807, 2.05) is 6.92 Å². The maximum absolute atomic E-state index is 10.9. The summed E-state index contributed by atoms with van der Waals surface area (Å²) in [5.74, 6) is 0.667. The van der Waals surface area contributed by atoms with Crippen molar-refractivity contribution in [2.75, 3.05) is 0 Å². The molecule has 0 aliphatic rings. The van der Waals surface area contributed by atoms with E-state index < -0.39 is 4.92 Å². The highest BCUT2D eigenvalue weighted by Gasteiger charge is 2.16. The van der Waals surface area contributed by atoms with Gasteiger partial charge in [-0.3, -0.25) is 10.1 Å². The molecule has 0 spiro atoms. The van der Waals surface area contributed by atoms with Gasteiger partial charge in [0.25, 0.3) is 5.69 Å². The van der Waals surface area contributed by atoms with E-state index in [0.29, 0.717) is 27.8 Å². The Bertz CT molecular complexity index is 571. The van der Waals surface area contributed by atoms with E-state index in [9.17, 15) is 10.1 Å². The first-order valence-corrected chi connectivity index (χ1v) is 5.52. The largest absolute Gasteiger partial charge is 0.281 e. The summed E-state index contributed by atoms with van der Waals surface area (Å²) < 4.78 is 0.474. The van der Waals surface area contributed by atoms with E-state index in [0.717, 1.165) is 0 Å². The summed E-state index contributed by atoms with van der Waals surface area (Å²) in [7, 11) is 0. The van der Waals surface area contributed by atoms with Crippen molar-refractivity contribution in [1.82, 2.24) is 9.97 Å². The summed E-state index contributed by atoms with van der Waals surface area (Å²) >= 11 is 3.25. The molecule has 0 N–H and O–H groups in total. The molecule has 1 heterocycles. The highest BCUT2D eigenvalue weighted by Crippen LogP contribution is 2.29. The van der Waals surface area contributed by atoms with Gasteiger partial charge >= 0.3 is 0 Å². The fourth-order valence-corrected chi connectivity index (χ4v) is 2.09. The van der Waals surface area contributed by atoms with Crippen LogP contribution in [0, 0.1) is 10.1 Å². The number of nitro benzene ring substituents is 1. The Morgan fingerprint density at radius 2 is 2.19 bits per heavy atom. The number of nitro groups is 1. The highest BCUT2D eigenvalue weighted by molar-refractivity contribution is 9.10. The minimum atomic E-state index is -0.428. The van der Waals surface area contributed by atoms with Crippen LogP contribution in [0.1, 0.15) is 12.7 Å². The van der Waals surface area contributed by atoms with E-state index >= 15 is 0 Å². The maximum Gasteiger partial charge on any atom is 0.281 e. The maximum atomic E-state index is 10.9. The van der Waals surface area contributed by atoms with Crippen LogP contribution in [0.25, 0.3) is 10.9 Å². The third kappa shape index (κ3) is 1.76. The minimum absolute atomic E-state index is 0.0204. The molecule has 2 rings (SSSR count). The van der Waals surface area contributed by atoms with Crippen LogP contribution in [0.4, 0.5) is 5.69 Å². The number of hydrogen-bond donors (Lipinski definition) is 0.